The number of carbonyl (C=O) groups excluding carboxylic acids is 2. The molecule has 2 amide bonds. The van der Waals surface area contributed by atoms with Crippen molar-refractivity contribution >= 4 is 23.6 Å². The fourth-order valence-electron chi connectivity index (χ4n) is 2.07. The van der Waals surface area contributed by atoms with E-state index >= 15 is 0 Å². The second-order valence-electron chi connectivity index (χ2n) is 4.51. The maximum absolute atomic E-state index is 12.4. The van der Waals surface area contributed by atoms with Gasteiger partial charge in [-0.05, 0) is 36.7 Å². The summed E-state index contributed by atoms with van der Waals surface area (Å²) in [4.78, 5) is 29.3. The normalized spacial score (nSPS) is 14.5. The lowest BCUT2D eigenvalue weighted by atomic mass is 10.2. The van der Waals surface area contributed by atoms with Crippen molar-refractivity contribution in [3.05, 3.63) is 23.9 Å². The minimum atomic E-state index is -2.65. The van der Waals surface area contributed by atoms with Gasteiger partial charge in [-0.15, -0.1) is 0 Å². The van der Waals surface area contributed by atoms with Crippen LogP contribution in [0.2, 0.25) is 0 Å². The molecule has 1 saturated heterocycles. The quantitative estimate of drug-likeness (QED) is 0.841. The van der Waals surface area contributed by atoms with Gasteiger partial charge in [0.2, 0.25) is 5.91 Å². The molecule has 0 unspecified atom stereocenters. The highest BCUT2D eigenvalue weighted by Gasteiger charge is 2.20. The van der Waals surface area contributed by atoms with Gasteiger partial charge >= 0.3 is 0 Å². The lowest BCUT2D eigenvalue weighted by Gasteiger charge is -2.15. The summed E-state index contributed by atoms with van der Waals surface area (Å²) in [5, 5.41) is 2.42. The van der Waals surface area contributed by atoms with Crippen LogP contribution in [0.3, 0.4) is 0 Å². The molecule has 2 heterocycles. The van der Waals surface area contributed by atoms with E-state index in [0.717, 1.165) is 12.8 Å². The van der Waals surface area contributed by atoms with E-state index in [2.05, 4.69) is 10.3 Å². The van der Waals surface area contributed by atoms with E-state index in [4.69, 9.17) is 0 Å². The Hall–Kier alpha value is -1.70. The molecule has 1 aromatic rings. The Morgan fingerprint density at radius 3 is 2.76 bits per heavy atom. The number of nitrogens with one attached hydrogen (secondary N) is 1. The van der Waals surface area contributed by atoms with Crippen molar-refractivity contribution in [2.75, 3.05) is 19.6 Å². The molecule has 1 aromatic heterocycles. The zero-order chi connectivity index (χ0) is 15.2. The molecule has 0 bridgehead atoms. The van der Waals surface area contributed by atoms with E-state index in [1.807, 2.05) is 0 Å². The van der Waals surface area contributed by atoms with Gasteiger partial charge in [-0.3, -0.25) is 9.59 Å². The van der Waals surface area contributed by atoms with Crippen molar-refractivity contribution in [3.8, 4) is 0 Å². The Balaban J connectivity index is 1.95. The van der Waals surface area contributed by atoms with Crippen molar-refractivity contribution in [2.24, 2.45) is 0 Å². The molecule has 1 aliphatic heterocycles. The number of halogens is 2. The Morgan fingerprint density at radius 1 is 1.38 bits per heavy atom. The van der Waals surface area contributed by atoms with Crippen LogP contribution in [0.25, 0.3) is 0 Å². The highest BCUT2D eigenvalue weighted by atomic mass is 32.2. The second kappa shape index (κ2) is 7.35. The maximum atomic E-state index is 12.4. The number of alkyl halides is 2. The van der Waals surface area contributed by atoms with Gasteiger partial charge in [-0.2, -0.15) is 8.78 Å². The molecule has 0 radical (unpaired) electrons. The summed E-state index contributed by atoms with van der Waals surface area (Å²) >= 11 is 0.212. The first-order chi connectivity index (χ1) is 10.1. The monoisotopic (exact) mass is 315 g/mol. The topological polar surface area (TPSA) is 62.3 Å². The third-order valence-electron chi connectivity index (χ3n) is 3.08. The number of carbonyl (C=O) groups is 2. The van der Waals surface area contributed by atoms with Crippen LogP contribution >= 0.6 is 11.8 Å². The predicted octanol–water partition coefficient (Wildman–Crippen LogP) is 1.75. The summed E-state index contributed by atoms with van der Waals surface area (Å²) in [6.45, 7) is 1.27. The standard InChI is InChI=1S/C13H15F2N3O2S/c14-13(15)21-12-9(4-3-5-16-12)11(20)17-8-10(19)18-6-1-2-7-18/h3-5,13H,1-2,6-8H2,(H,17,20). The van der Waals surface area contributed by atoms with Crippen LogP contribution in [0.15, 0.2) is 23.4 Å². The number of likely N-dealkylation sites (tertiary alicyclic amines) is 1. The van der Waals surface area contributed by atoms with Gasteiger partial charge in [0.05, 0.1) is 12.1 Å². The number of hydrogen-bond donors (Lipinski definition) is 1. The number of thioether (sulfide) groups is 1. The molecule has 0 atom stereocenters. The van der Waals surface area contributed by atoms with Gasteiger partial charge in [0.25, 0.3) is 11.7 Å². The first-order valence-corrected chi connectivity index (χ1v) is 7.41. The summed E-state index contributed by atoms with van der Waals surface area (Å²) in [6, 6.07) is 2.90. The second-order valence-corrected chi connectivity index (χ2v) is 5.48. The van der Waals surface area contributed by atoms with Crippen molar-refractivity contribution < 1.29 is 18.4 Å². The smallest absolute Gasteiger partial charge is 0.290 e. The first-order valence-electron chi connectivity index (χ1n) is 6.53. The SMILES string of the molecule is O=C(NCC(=O)N1CCCC1)c1cccnc1SC(F)F. The lowest BCUT2D eigenvalue weighted by Crippen LogP contribution is -2.38. The molecule has 114 valence electrons. The molecule has 1 fully saturated rings. The third kappa shape index (κ3) is 4.38. The number of pyridine rings is 1. The Morgan fingerprint density at radius 2 is 2.10 bits per heavy atom. The molecule has 1 aliphatic rings. The largest absolute Gasteiger partial charge is 0.343 e. The lowest BCUT2D eigenvalue weighted by molar-refractivity contribution is -0.129. The molecule has 0 spiro atoms. The Bertz CT molecular complexity index is 522. The molecule has 0 saturated carbocycles. The van der Waals surface area contributed by atoms with Crippen LogP contribution in [0, 0.1) is 0 Å². The molecule has 0 aliphatic carbocycles. The Kier molecular flexibility index (Phi) is 5.49. The van der Waals surface area contributed by atoms with Crippen LogP contribution in [0.4, 0.5) is 8.78 Å². The van der Waals surface area contributed by atoms with Crippen LogP contribution in [0.5, 0.6) is 0 Å². The Labute approximate surface area is 125 Å². The van der Waals surface area contributed by atoms with E-state index in [1.54, 1.807) is 4.90 Å². The predicted molar refractivity (Wildman–Crippen MR) is 74.2 cm³/mol. The molecule has 5 nitrogen and oxygen atoms in total. The summed E-state index contributed by atoms with van der Waals surface area (Å²) < 4.78 is 24.8. The van der Waals surface area contributed by atoms with Crippen LogP contribution in [-0.2, 0) is 4.79 Å². The van der Waals surface area contributed by atoms with Gasteiger partial charge in [0, 0.05) is 19.3 Å². The summed E-state index contributed by atoms with van der Waals surface area (Å²) in [5.74, 6) is -3.38. The van der Waals surface area contributed by atoms with Crippen molar-refractivity contribution in [1.82, 2.24) is 15.2 Å². The van der Waals surface area contributed by atoms with E-state index in [1.165, 1.54) is 18.3 Å². The number of nitrogens with zero attached hydrogens (tertiary/aromatic N) is 2. The zero-order valence-electron chi connectivity index (χ0n) is 11.2. The van der Waals surface area contributed by atoms with Crippen molar-refractivity contribution in [3.63, 3.8) is 0 Å². The third-order valence-corrected chi connectivity index (χ3v) is 3.80. The summed E-state index contributed by atoms with van der Waals surface area (Å²) in [7, 11) is 0. The van der Waals surface area contributed by atoms with Gasteiger partial charge in [0.15, 0.2) is 0 Å². The first kappa shape index (κ1) is 15.7. The fraction of sp³-hybridized carbons (Fsp3) is 0.462. The minimum Gasteiger partial charge on any atom is -0.343 e. The summed E-state index contributed by atoms with van der Waals surface area (Å²) in [6.07, 6.45) is 3.28. The number of amides is 2. The number of hydrogen-bond acceptors (Lipinski definition) is 4. The molecular formula is C13H15F2N3O2S. The van der Waals surface area contributed by atoms with Gasteiger partial charge in [0.1, 0.15) is 5.03 Å². The summed E-state index contributed by atoms with van der Waals surface area (Å²) in [5.41, 5.74) is 0.0528. The van der Waals surface area contributed by atoms with E-state index in [-0.39, 0.29) is 34.8 Å². The number of aromatic nitrogens is 1. The number of rotatable bonds is 5. The van der Waals surface area contributed by atoms with Crippen LogP contribution in [0.1, 0.15) is 23.2 Å². The van der Waals surface area contributed by atoms with E-state index < -0.39 is 11.7 Å². The highest BCUT2D eigenvalue weighted by molar-refractivity contribution is 7.99. The highest BCUT2D eigenvalue weighted by Crippen LogP contribution is 2.26. The molecule has 8 heteroatoms. The van der Waals surface area contributed by atoms with Crippen LogP contribution < -0.4 is 5.32 Å². The fourth-order valence-corrected chi connectivity index (χ4v) is 2.65. The molecule has 21 heavy (non-hydrogen) atoms. The zero-order valence-corrected chi connectivity index (χ0v) is 12.0. The molecule has 1 N–H and O–H groups in total. The molecular weight excluding hydrogens is 300 g/mol. The van der Waals surface area contributed by atoms with Crippen LogP contribution in [-0.4, -0.2) is 47.1 Å². The van der Waals surface area contributed by atoms with Gasteiger partial charge in [-0.1, -0.05) is 0 Å². The maximum Gasteiger partial charge on any atom is 0.290 e. The van der Waals surface area contributed by atoms with Crippen molar-refractivity contribution in [2.45, 2.75) is 23.6 Å². The van der Waals surface area contributed by atoms with E-state index in [9.17, 15) is 18.4 Å². The van der Waals surface area contributed by atoms with Gasteiger partial charge in [-0.25, -0.2) is 4.98 Å². The average Bonchev–Trinajstić information content (AvgIpc) is 2.98. The van der Waals surface area contributed by atoms with Crippen molar-refractivity contribution in [1.29, 1.82) is 0 Å². The minimum absolute atomic E-state index is 0.0429. The van der Waals surface area contributed by atoms with E-state index in [0.29, 0.717) is 13.1 Å². The van der Waals surface area contributed by atoms with Gasteiger partial charge < -0.3 is 10.2 Å². The molecule has 2 rings (SSSR count). The molecule has 0 aromatic carbocycles. The average molecular weight is 315 g/mol.